The van der Waals surface area contributed by atoms with Crippen LogP contribution in [-0.2, 0) is 4.79 Å². The molecule has 1 rings (SSSR count). The lowest BCUT2D eigenvalue weighted by Crippen LogP contribution is -2.41. The molecule has 8 heteroatoms. The lowest BCUT2D eigenvalue weighted by molar-refractivity contribution is -0.117. The quantitative estimate of drug-likeness (QED) is 0.718. The van der Waals surface area contributed by atoms with Crippen molar-refractivity contribution < 1.29 is 9.59 Å². The molecule has 0 saturated carbocycles. The predicted octanol–water partition coefficient (Wildman–Crippen LogP) is 1.61. The second-order valence-electron chi connectivity index (χ2n) is 4.37. The van der Waals surface area contributed by atoms with Crippen molar-refractivity contribution >= 4 is 40.2 Å². The number of aryl methyl sites for hydroxylation is 1. The number of imide groups is 1. The average molecular weight is 302 g/mol. The molecule has 1 aromatic heterocycles. The van der Waals surface area contributed by atoms with Crippen LogP contribution < -0.4 is 16.4 Å². The fourth-order valence-electron chi connectivity index (χ4n) is 1.17. The van der Waals surface area contributed by atoms with Crippen LogP contribution >= 0.6 is 23.1 Å². The molecule has 0 fully saturated rings. The van der Waals surface area contributed by atoms with E-state index in [4.69, 9.17) is 5.73 Å². The molecule has 106 valence electrons. The Kier molecular flexibility index (Phi) is 6.10. The van der Waals surface area contributed by atoms with Crippen LogP contribution in [0.15, 0.2) is 4.21 Å². The van der Waals surface area contributed by atoms with E-state index in [9.17, 15) is 9.59 Å². The van der Waals surface area contributed by atoms with E-state index in [2.05, 4.69) is 15.6 Å². The second kappa shape index (κ2) is 7.34. The molecule has 0 saturated heterocycles. The van der Waals surface area contributed by atoms with Crippen LogP contribution in [0.2, 0.25) is 0 Å². The van der Waals surface area contributed by atoms with E-state index in [0.717, 1.165) is 9.90 Å². The van der Waals surface area contributed by atoms with Gasteiger partial charge < -0.3 is 11.1 Å². The number of urea groups is 1. The van der Waals surface area contributed by atoms with Gasteiger partial charge in [0.15, 0.2) is 5.13 Å². The highest BCUT2D eigenvalue weighted by Gasteiger charge is 2.11. The summed E-state index contributed by atoms with van der Waals surface area (Å²) in [6, 6.07) is -0.458. The number of hydrogen-bond donors (Lipinski definition) is 3. The molecule has 0 radical (unpaired) electrons. The van der Waals surface area contributed by atoms with Gasteiger partial charge in [0.05, 0.1) is 15.7 Å². The third-order valence-corrected chi connectivity index (χ3v) is 4.38. The highest BCUT2D eigenvalue weighted by Crippen LogP contribution is 2.30. The lowest BCUT2D eigenvalue weighted by atomic mass is 10.2. The minimum absolute atomic E-state index is 0.164. The molecule has 0 atom stereocenters. The van der Waals surface area contributed by atoms with E-state index in [-0.39, 0.29) is 11.7 Å². The molecule has 4 N–H and O–H groups in total. The summed E-state index contributed by atoms with van der Waals surface area (Å²) in [7, 11) is 0. The summed E-state index contributed by atoms with van der Waals surface area (Å²) in [4.78, 5) is 27.0. The van der Waals surface area contributed by atoms with Gasteiger partial charge in [-0.3, -0.25) is 10.1 Å². The van der Waals surface area contributed by atoms with Crippen molar-refractivity contribution in [3.05, 3.63) is 5.69 Å². The molecule has 3 amide bonds. The first-order chi connectivity index (χ1) is 8.88. The van der Waals surface area contributed by atoms with Crippen molar-refractivity contribution in [3.8, 4) is 0 Å². The van der Waals surface area contributed by atoms with Gasteiger partial charge in [-0.2, -0.15) is 0 Å². The lowest BCUT2D eigenvalue weighted by Gasteiger charge is -2.08. The van der Waals surface area contributed by atoms with Crippen LogP contribution in [0.4, 0.5) is 9.93 Å². The molecular weight excluding hydrogens is 284 g/mol. The van der Waals surface area contributed by atoms with Gasteiger partial charge in [-0.15, -0.1) is 11.8 Å². The molecule has 0 aliphatic rings. The van der Waals surface area contributed by atoms with E-state index >= 15 is 0 Å². The number of carbonyl (C=O) groups excluding carboxylic acids is 2. The summed E-state index contributed by atoms with van der Waals surface area (Å²) >= 11 is 2.66. The molecule has 0 unspecified atom stereocenters. The number of aromatic nitrogens is 1. The van der Waals surface area contributed by atoms with Gasteiger partial charge in [-0.1, -0.05) is 25.2 Å². The number of nitrogens with two attached hydrogens (primary N) is 1. The number of nitrogen functional groups attached to an aromatic ring is 1. The maximum Gasteiger partial charge on any atom is 0.321 e. The zero-order valence-corrected chi connectivity index (χ0v) is 12.8. The van der Waals surface area contributed by atoms with Gasteiger partial charge in [0.1, 0.15) is 0 Å². The van der Waals surface area contributed by atoms with Gasteiger partial charge in [-0.25, -0.2) is 9.78 Å². The maximum atomic E-state index is 11.5. The molecule has 1 aromatic rings. The molecule has 0 aliphatic heterocycles. The summed E-state index contributed by atoms with van der Waals surface area (Å²) in [5, 5.41) is 5.37. The Labute approximate surface area is 120 Å². The van der Waals surface area contributed by atoms with Gasteiger partial charge in [0.25, 0.3) is 0 Å². The minimum atomic E-state index is -0.458. The zero-order chi connectivity index (χ0) is 14.4. The number of carbonyl (C=O) groups is 2. The zero-order valence-electron chi connectivity index (χ0n) is 11.1. The number of anilines is 1. The Bertz CT molecular complexity index is 460. The number of rotatable bonds is 5. The third kappa shape index (κ3) is 5.93. The van der Waals surface area contributed by atoms with Crippen LogP contribution in [0, 0.1) is 12.8 Å². The predicted molar refractivity (Wildman–Crippen MR) is 78.4 cm³/mol. The SMILES string of the molecule is Cc1nc(N)sc1SCC(=O)NC(=O)NCC(C)C. The van der Waals surface area contributed by atoms with E-state index in [1.54, 1.807) is 0 Å². The van der Waals surface area contributed by atoms with Crippen molar-refractivity contribution in [2.75, 3.05) is 18.0 Å². The summed E-state index contributed by atoms with van der Waals surface area (Å²) in [5.41, 5.74) is 6.37. The molecule has 6 nitrogen and oxygen atoms in total. The number of nitrogens with zero attached hydrogens (tertiary/aromatic N) is 1. The van der Waals surface area contributed by atoms with E-state index in [0.29, 0.717) is 17.6 Å². The van der Waals surface area contributed by atoms with Gasteiger partial charge in [-0.05, 0) is 12.8 Å². The second-order valence-corrected chi connectivity index (χ2v) is 6.64. The van der Waals surface area contributed by atoms with Crippen LogP contribution in [0.1, 0.15) is 19.5 Å². The number of amides is 3. The fourth-order valence-corrected chi connectivity index (χ4v) is 2.99. The minimum Gasteiger partial charge on any atom is -0.375 e. The first-order valence-corrected chi connectivity index (χ1v) is 7.62. The van der Waals surface area contributed by atoms with Gasteiger partial charge in [0.2, 0.25) is 5.91 Å². The fraction of sp³-hybridized carbons (Fsp3) is 0.545. The molecule has 0 spiro atoms. The summed E-state index contributed by atoms with van der Waals surface area (Å²) < 4.78 is 0.898. The Morgan fingerprint density at radius 1 is 1.47 bits per heavy atom. The van der Waals surface area contributed by atoms with Crippen molar-refractivity contribution in [3.63, 3.8) is 0 Å². The smallest absolute Gasteiger partial charge is 0.321 e. The van der Waals surface area contributed by atoms with Crippen molar-refractivity contribution in [2.24, 2.45) is 5.92 Å². The molecule has 1 heterocycles. The first-order valence-electron chi connectivity index (χ1n) is 5.82. The van der Waals surface area contributed by atoms with Crippen LogP contribution in [0.3, 0.4) is 0 Å². The van der Waals surface area contributed by atoms with Crippen LogP contribution in [-0.4, -0.2) is 29.2 Å². The normalized spacial score (nSPS) is 10.5. The van der Waals surface area contributed by atoms with E-state index in [1.165, 1.54) is 23.1 Å². The Morgan fingerprint density at radius 2 is 2.16 bits per heavy atom. The topological polar surface area (TPSA) is 97.1 Å². The third-order valence-electron chi connectivity index (χ3n) is 2.03. The number of thioether (sulfide) groups is 1. The summed E-state index contributed by atoms with van der Waals surface area (Å²) in [6.45, 7) is 6.34. The largest absolute Gasteiger partial charge is 0.375 e. The monoisotopic (exact) mass is 302 g/mol. The number of thiazole rings is 1. The number of nitrogens with one attached hydrogen (secondary N) is 2. The van der Waals surface area contributed by atoms with Crippen molar-refractivity contribution in [1.29, 1.82) is 0 Å². The standard InChI is InChI=1S/C11H18N4O2S2/c1-6(2)4-13-11(17)15-8(16)5-18-9-7(3)14-10(12)19-9/h6H,4-5H2,1-3H3,(H2,12,14)(H2,13,15,16,17). The van der Waals surface area contributed by atoms with E-state index in [1.807, 2.05) is 20.8 Å². The maximum absolute atomic E-state index is 11.5. The molecular formula is C11H18N4O2S2. The van der Waals surface area contributed by atoms with Gasteiger partial charge in [0, 0.05) is 6.54 Å². The summed E-state index contributed by atoms with van der Waals surface area (Å²) in [5.74, 6) is 0.174. The first kappa shape index (κ1) is 15.8. The molecule has 0 aliphatic carbocycles. The van der Waals surface area contributed by atoms with Crippen molar-refractivity contribution in [1.82, 2.24) is 15.6 Å². The Balaban J connectivity index is 2.32. The highest BCUT2D eigenvalue weighted by atomic mass is 32.2. The Morgan fingerprint density at radius 3 is 2.68 bits per heavy atom. The van der Waals surface area contributed by atoms with Crippen molar-refractivity contribution in [2.45, 2.75) is 25.0 Å². The van der Waals surface area contributed by atoms with Crippen LogP contribution in [0.25, 0.3) is 0 Å². The highest BCUT2D eigenvalue weighted by molar-refractivity contribution is 8.01. The van der Waals surface area contributed by atoms with Gasteiger partial charge >= 0.3 is 6.03 Å². The van der Waals surface area contributed by atoms with E-state index < -0.39 is 6.03 Å². The number of hydrogen-bond acceptors (Lipinski definition) is 6. The summed E-state index contributed by atoms with van der Waals surface area (Å²) in [6.07, 6.45) is 0. The molecule has 19 heavy (non-hydrogen) atoms. The Hall–Kier alpha value is -1.28. The average Bonchev–Trinajstić information content (AvgIpc) is 2.62. The van der Waals surface area contributed by atoms with Crippen LogP contribution in [0.5, 0.6) is 0 Å². The molecule has 0 bridgehead atoms. The molecule has 0 aromatic carbocycles.